The van der Waals surface area contributed by atoms with Crippen LogP contribution in [-0.2, 0) is 9.59 Å². The zero-order chi connectivity index (χ0) is 10.2. The topological polar surface area (TPSA) is 86.7 Å². The van der Waals surface area contributed by atoms with Gasteiger partial charge in [0.05, 0.1) is 6.54 Å². The van der Waals surface area contributed by atoms with Gasteiger partial charge in [0, 0.05) is 0 Å². The minimum atomic E-state index is -1.49. The van der Waals surface area contributed by atoms with Gasteiger partial charge in [-0.2, -0.15) is 0 Å². The van der Waals surface area contributed by atoms with E-state index in [1.807, 2.05) is 0 Å². The zero-order valence-corrected chi connectivity index (χ0v) is 7.33. The Morgan fingerprint density at radius 2 is 2.08 bits per heavy atom. The molecule has 6 heteroatoms. The van der Waals surface area contributed by atoms with Gasteiger partial charge in [0.1, 0.15) is 5.54 Å². The highest BCUT2D eigenvalue weighted by molar-refractivity contribution is 6.05. The molecule has 1 saturated heterocycles. The Kier molecular flexibility index (Phi) is 1.99. The van der Waals surface area contributed by atoms with Gasteiger partial charge in [-0.3, -0.25) is 4.79 Å². The molecule has 13 heavy (non-hydrogen) atoms. The lowest BCUT2D eigenvalue weighted by Gasteiger charge is -2.27. The molecule has 1 rings (SSSR count). The summed E-state index contributed by atoms with van der Waals surface area (Å²) in [6.45, 7) is 2.48. The van der Waals surface area contributed by atoms with Crippen LogP contribution < -0.4 is 5.32 Å². The van der Waals surface area contributed by atoms with E-state index in [0.717, 1.165) is 4.90 Å². The average molecular weight is 186 g/mol. The number of carbonyl (C=O) groups is 3. The lowest BCUT2D eigenvalue weighted by Crippen LogP contribution is -2.53. The minimum absolute atomic E-state index is 0.129. The van der Waals surface area contributed by atoms with Crippen molar-refractivity contribution >= 4 is 17.9 Å². The van der Waals surface area contributed by atoms with Crippen LogP contribution in [0.1, 0.15) is 13.8 Å². The van der Waals surface area contributed by atoms with E-state index in [1.165, 1.54) is 13.8 Å². The Labute approximate surface area is 74.5 Å². The molecule has 1 fully saturated rings. The number of aliphatic carboxylic acids is 1. The Bertz CT molecular complexity index is 268. The highest BCUT2D eigenvalue weighted by Crippen LogP contribution is 2.17. The minimum Gasteiger partial charge on any atom is -0.480 e. The molecule has 0 aromatic carbocycles. The van der Waals surface area contributed by atoms with E-state index in [9.17, 15) is 14.4 Å². The molecule has 0 radical (unpaired) electrons. The number of imide groups is 1. The predicted octanol–water partition coefficient (Wildman–Crippen LogP) is -0.599. The monoisotopic (exact) mass is 186 g/mol. The van der Waals surface area contributed by atoms with E-state index in [0.29, 0.717) is 0 Å². The third kappa shape index (κ3) is 1.34. The van der Waals surface area contributed by atoms with Crippen molar-refractivity contribution in [3.63, 3.8) is 0 Å². The lowest BCUT2D eigenvalue weighted by atomic mass is 10.0. The van der Waals surface area contributed by atoms with Crippen molar-refractivity contribution in [1.82, 2.24) is 10.2 Å². The van der Waals surface area contributed by atoms with Crippen LogP contribution in [0.5, 0.6) is 0 Å². The molecule has 0 unspecified atom stereocenters. The summed E-state index contributed by atoms with van der Waals surface area (Å²) in [6.07, 6.45) is 0. The van der Waals surface area contributed by atoms with E-state index >= 15 is 0 Å². The molecule has 0 bridgehead atoms. The number of urea groups is 1. The predicted molar refractivity (Wildman–Crippen MR) is 42.0 cm³/mol. The summed E-state index contributed by atoms with van der Waals surface area (Å²) >= 11 is 0. The largest absolute Gasteiger partial charge is 0.480 e. The van der Waals surface area contributed by atoms with E-state index in [2.05, 4.69) is 5.32 Å². The van der Waals surface area contributed by atoms with Crippen LogP contribution in [-0.4, -0.2) is 40.0 Å². The molecule has 72 valence electrons. The lowest BCUT2D eigenvalue weighted by molar-refractivity contribution is -0.151. The molecule has 0 spiro atoms. The molecular weight excluding hydrogens is 176 g/mol. The summed E-state index contributed by atoms with van der Waals surface area (Å²) in [4.78, 5) is 33.6. The fourth-order valence-electron chi connectivity index (χ4n) is 1.08. The maximum Gasteiger partial charge on any atom is 0.329 e. The highest BCUT2D eigenvalue weighted by atomic mass is 16.4. The quantitative estimate of drug-likeness (QED) is 0.564. The summed E-state index contributed by atoms with van der Waals surface area (Å²) in [5, 5.41) is 11.0. The van der Waals surface area contributed by atoms with Gasteiger partial charge in [-0.1, -0.05) is 0 Å². The first kappa shape index (κ1) is 9.50. The van der Waals surface area contributed by atoms with Crippen molar-refractivity contribution in [2.24, 2.45) is 0 Å². The van der Waals surface area contributed by atoms with Gasteiger partial charge < -0.3 is 10.4 Å². The maximum absolute atomic E-state index is 11.1. The number of carboxylic acid groups (broad SMARTS) is 1. The molecule has 2 N–H and O–H groups in total. The van der Waals surface area contributed by atoms with Crippen LogP contribution in [0.2, 0.25) is 0 Å². The molecule has 0 aliphatic carbocycles. The number of amides is 3. The van der Waals surface area contributed by atoms with Gasteiger partial charge in [0.25, 0.3) is 5.91 Å². The van der Waals surface area contributed by atoms with E-state index in [-0.39, 0.29) is 6.54 Å². The number of rotatable bonds is 2. The van der Waals surface area contributed by atoms with Crippen LogP contribution in [0.15, 0.2) is 0 Å². The second-order valence-corrected chi connectivity index (χ2v) is 3.25. The second-order valence-electron chi connectivity index (χ2n) is 3.25. The van der Waals surface area contributed by atoms with Crippen molar-refractivity contribution in [2.75, 3.05) is 6.54 Å². The molecular formula is C7H10N2O4. The van der Waals surface area contributed by atoms with Gasteiger partial charge in [-0.05, 0) is 13.8 Å². The van der Waals surface area contributed by atoms with Crippen LogP contribution in [0.25, 0.3) is 0 Å². The summed E-state index contributed by atoms with van der Waals surface area (Å²) in [5.74, 6) is -1.73. The van der Waals surface area contributed by atoms with Crippen molar-refractivity contribution in [3.8, 4) is 0 Å². The Morgan fingerprint density at radius 1 is 1.54 bits per heavy atom. The third-order valence-electron chi connectivity index (χ3n) is 1.93. The van der Waals surface area contributed by atoms with Crippen LogP contribution in [0.4, 0.5) is 4.79 Å². The van der Waals surface area contributed by atoms with Crippen molar-refractivity contribution < 1.29 is 19.5 Å². The Balaban J connectivity index is 2.99. The SMILES string of the molecule is CC(C)(C(=O)O)N1C(=O)CNC1=O. The molecule has 1 aliphatic rings. The van der Waals surface area contributed by atoms with Crippen molar-refractivity contribution in [2.45, 2.75) is 19.4 Å². The van der Waals surface area contributed by atoms with Gasteiger partial charge in [0.15, 0.2) is 0 Å². The second kappa shape index (κ2) is 2.72. The molecule has 0 atom stereocenters. The van der Waals surface area contributed by atoms with Gasteiger partial charge in [-0.15, -0.1) is 0 Å². The molecule has 0 saturated carbocycles. The molecule has 1 heterocycles. The van der Waals surface area contributed by atoms with Crippen LogP contribution in [0.3, 0.4) is 0 Å². The summed E-state index contributed by atoms with van der Waals surface area (Å²) in [5.41, 5.74) is -1.49. The fourth-order valence-corrected chi connectivity index (χ4v) is 1.08. The molecule has 6 nitrogen and oxygen atoms in total. The Morgan fingerprint density at radius 3 is 2.38 bits per heavy atom. The van der Waals surface area contributed by atoms with E-state index in [1.54, 1.807) is 0 Å². The van der Waals surface area contributed by atoms with E-state index in [4.69, 9.17) is 5.11 Å². The fraction of sp³-hybridized carbons (Fsp3) is 0.571. The van der Waals surface area contributed by atoms with Crippen molar-refractivity contribution in [1.29, 1.82) is 0 Å². The summed E-state index contributed by atoms with van der Waals surface area (Å²) < 4.78 is 0. The maximum atomic E-state index is 11.1. The molecule has 1 aliphatic heterocycles. The first-order chi connectivity index (χ1) is 5.87. The van der Waals surface area contributed by atoms with Gasteiger partial charge >= 0.3 is 12.0 Å². The Hall–Kier alpha value is -1.59. The smallest absolute Gasteiger partial charge is 0.329 e. The van der Waals surface area contributed by atoms with Gasteiger partial charge in [-0.25, -0.2) is 14.5 Å². The number of hydrogen-bond acceptors (Lipinski definition) is 3. The van der Waals surface area contributed by atoms with Gasteiger partial charge in [0.2, 0.25) is 0 Å². The number of carbonyl (C=O) groups excluding carboxylic acids is 2. The zero-order valence-electron chi connectivity index (χ0n) is 7.33. The number of nitrogens with one attached hydrogen (secondary N) is 1. The first-order valence-electron chi connectivity index (χ1n) is 3.71. The normalized spacial score (nSPS) is 17.5. The van der Waals surface area contributed by atoms with Crippen LogP contribution in [0, 0.1) is 0 Å². The molecule has 3 amide bonds. The number of carboxylic acids is 1. The summed E-state index contributed by atoms with van der Waals surface area (Å²) in [7, 11) is 0. The highest BCUT2D eigenvalue weighted by Gasteiger charge is 2.45. The van der Waals surface area contributed by atoms with Crippen LogP contribution >= 0.6 is 0 Å². The number of hydrogen-bond donors (Lipinski definition) is 2. The third-order valence-corrected chi connectivity index (χ3v) is 1.93. The molecule has 0 aromatic rings. The summed E-state index contributed by atoms with van der Waals surface area (Å²) in [6, 6.07) is -0.655. The standard InChI is InChI=1S/C7H10N2O4/c1-7(2,5(11)12)9-4(10)3-8-6(9)13/h3H2,1-2H3,(H,8,13)(H,11,12). The number of nitrogens with zero attached hydrogens (tertiary/aromatic N) is 1. The van der Waals surface area contributed by atoms with Crippen molar-refractivity contribution in [3.05, 3.63) is 0 Å². The average Bonchev–Trinajstić information content (AvgIpc) is 2.30. The molecule has 0 aromatic heterocycles. The first-order valence-corrected chi connectivity index (χ1v) is 3.71. The van der Waals surface area contributed by atoms with E-state index < -0.39 is 23.4 Å².